The van der Waals surface area contributed by atoms with Crippen molar-refractivity contribution in [2.24, 2.45) is 0 Å². The molecule has 2 nitrogen and oxygen atoms in total. The molecule has 2 unspecified atom stereocenters. The molecule has 1 fully saturated rings. The number of ether oxygens (including phenoxy) is 1. The Bertz CT molecular complexity index is 206. The Morgan fingerprint density at radius 1 is 0.850 bits per heavy atom. The third-order valence-corrected chi connectivity index (χ3v) is 4.33. The van der Waals surface area contributed by atoms with Crippen LogP contribution in [0.1, 0.15) is 89.9 Å². The molecule has 1 saturated carbocycles. The van der Waals surface area contributed by atoms with Gasteiger partial charge < -0.3 is 4.74 Å². The van der Waals surface area contributed by atoms with E-state index in [4.69, 9.17) is 4.74 Å². The summed E-state index contributed by atoms with van der Waals surface area (Å²) in [6.45, 7) is 4.73. The fourth-order valence-electron chi connectivity index (χ4n) is 3.02. The average molecular weight is 282 g/mol. The molecule has 2 heteroatoms. The van der Waals surface area contributed by atoms with Crippen molar-refractivity contribution < 1.29 is 9.84 Å². The molecule has 0 aromatic heterocycles. The quantitative estimate of drug-likeness (QED) is 0.436. The van der Waals surface area contributed by atoms with Gasteiger partial charge in [-0.2, -0.15) is 0 Å². The summed E-state index contributed by atoms with van der Waals surface area (Å²) >= 11 is 0. The smallest absolute Gasteiger partial charge is 0.0954 e. The summed E-state index contributed by atoms with van der Waals surface area (Å²) in [4.78, 5) is 0. The minimum Gasteiger partial charge on any atom is -0.378 e. The lowest BCUT2D eigenvalue weighted by Gasteiger charge is -2.24. The Morgan fingerprint density at radius 3 is 2.05 bits per heavy atom. The first-order valence-corrected chi connectivity index (χ1v) is 8.89. The first-order valence-electron chi connectivity index (χ1n) is 8.89. The van der Waals surface area contributed by atoms with E-state index in [9.17, 15) is 5.11 Å². The predicted octanol–water partition coefficient (Wildman–Crippen LogP) is 5.48. The maximum atomic E-state index is 11.4. The molecule has 118 valence electrons. The van der Waals surface area contributed by atoms with Gasteiger partial charge in [-0.25, -0.2) is 5.11 Å². The Balaban J connectivity index is 1.76. The summed E-state index contributed by atoms with van der Waals surface area (Å²) in [6, 6.07) is 0. The molecule has 20 heavy (non-hydrogen) atoms. The van der Waals surface area contributed by atoms with Crippen LogP contribution in [-0.2, 0) is 9.84 Å². The zero-order valence-electron chi connectivity index (χ0n) is 13.3. The maximum Gasteiger partial charge on any atom is 0.0954 e. The molecule has 0 aromatic rings. The number of hydrogen-bond donors (Lipinski definition) is 0. The van der Waals surface area contributed by atoms with Gasteiger partial charge in [0, 0.05) is 13.0 Å². The summed E-state index contributed by atoms with van der Waals surface area (Å²) < 4.78 is 5.82. The second-order valence-electron chi connectivity index (χ2n) is 6.32. The van der Waals surface area contributed by atoms with E-state index in [0.29, 0.717) is 0 Å². The second-order valence-corrected chi connectivity index (χ2v) is 6.32. The van der Waals surface area contributed by atoms with E-state index in [1.54, 1.807) is 0 Å². The summed E-state index contributed by atoms with van der Waals surface area (Å²) in [5, 5.41) is 11.4. The zero-order chi connectivity index (χ0) is 14.5. The van der Waals surface area contributed by atoms with Gasteiger partial charge in [0.2, 0.25) is 0 Å². The van der Waals surface area contributed by atoms with E-state index in [1.807, 2.05) is 0 Å². The van der Waals surface area contributed by atoms with Crippen molar-refractivity contribution in [1.29, 1.82) is 0 Å². The topological polar surface area (TPSA) is 29.1 Å². The van der Waals surface area contributed by atoms with Crippen LogP contribution in [0.5, 0.6) is 0 Å². The van der Waals surface area contributed by atoms with E-state index in [2.05, 4.69) is 6.92 Å². The molecule has 0 aromatic carbocycles. The fraction of sp³-hybridized carbons (Fsp3) is 0.944. The SMILES string of the molecule is [CH2]CCCCCCCCCCCOC1CCCC([O])C1. The predicted molar refractivity (Wildman–Crippen MR) is 84.2 cm³/mol. The van der Waals surface area contributed by atoms with Gasteiger partial charge in [0.1, 0.15) is 0 Å². The summed E-state index contributed by atoms with van der Waals surface area (Å²) in [5.41, 5.74) is 0. The van der Waals surface area contributed by atoms with Crippen LogP contribution in [0.15, 0.2) is 0 Å². The minimum absolute atomic E-state index is 0.263. The van der Waals surface area contributed by atoms with E-state index < -0.39 is 0 Å². The van der Waals surface area contributed by atoms with Gasteiger partial charge in [0.25, 0.3) is 0 Å². The highest BCUT2D eigenvalue weighted by Gasteiger charge is 2.21. The largest absolute Gasteiger partial charge is 0.378 e. The van der Waals surface area contributed by atoms with Gasteiger partial charge in [-0.05, 0) is 25.7 Å². The van der Waals surface area contributed by atoms with E-state index in [0.717, 1.165) is 38.7 Å². The van der Waals surface area contributed by atoms with Crippen molar-refractivity contribution in [1.82, 2.24) is 0 Å². The number of unbranched alkanes of at least 4 members (excludes halogenated alkanes) is 9. The zero-order valence-corrected chi connectivity index (χ0v) is 13.3. The fourth-order valence-corrected chi connectivity index (χ4v) is 3.02. The summed E-state index contributed by atoms with van der Waals surface area (Å²) in [7, 11) is 0. The lowest BCUT2D eigenvalue weighted by molar-refractivity contribution is -0.0381. The van der Waals surface area contributed by atoms with Crippen molar-refractivity contribution in [2.75, 3.05) is 6.61 Å². The van der Waals surface area contributed by atoms with Gasteiger partial charge in [-0.15, -0.1) is 0 Å². The normalized spacial score (nSPS) is 23.1. The standard InChI is InChI=1S/C18H34O2/c1-2-3-4-5-6-7-8-9-10-11-15-20-18-14-12-13-17(19)16-18/h17-18H,1-16H2. The molecule has 2 radical (unpaired) electrons. The van der Waals surface area contributed by atoms with Crippen molar-refractivity contribution in [3.05, 3.63) is 6.92 Å². The third kappa shape index (κ3) is 9.77. The molecule has 1 aliphatic rings. The summed E-state index contributed by atoms with van der Waals surface area (Å²) in [6.07, 6.45) is 16.7. The first-order chi connectivity index (χ1) is 9.83. The van der Waals surface area contributed by atoms with Gasteiger partial charge in [0.15, 0.2) is 0 Å². The van der Waals surface area contributed by atoms with Crippen LogP contribution in [0.25, 0.3) is 0 Å². The van der Waals surface area contributed by atoms with Gasteiger partial charge in [-0.1, -0.05) is 64.7 Å². The molecule has 0 heterocycles. The van der Waals surface area contributed by atoms with Crippen LogP contribution in [-0.4, -0.2) is 18.8 Å². The summed E-state index contributed by atoms with van der Waals surface area (Å²) in [5.74, 6) is 0. The van der Waals surface area contributed by atoms with E-state index in [-0.39, 0.29) is 12.2 Å². The highest BCUT2D eigenvalue weighted by Crippen LogP contribution is 2.21. The van der Waals surface area contributed by atoms with Gasteiger partial charge in [-0.3, -0.25) is 0 Å². The van der Waals surface area contributed by atoms with Crippen LogP contribution in [0.3, 0.4) is 0 Å². The Kier molecular flexibility index (Phi) is 11.4. The maximum absolute atomic E-state index is 11.4. The molecule has 2 atom stereocenters. The van der Waals surface area contributed by atoms with Gasteiger partial charge >= 0.3 is 0 Å². The van der Waals surface area contributed by atoms with Crippen molar-refractivity contribution in [2.45, 2.75) is 102 Å². The van der Waals surface area contributed by atoms with E-state index >= 15 is 0 Å². The van der Waals surface area contributed by atoms with Crippen molar-refractivity contribution >= 4 is 0 Å². The number of hydrogen-bond acceptors (Lipinski definition) is 1. The van der Waals surface area contributed by atoms with Gasteiger partial charge in [0.05, 0.1) is 12.2 Å². The highest BCUT2D eigenvalue weighted by molar-refractivity contribution is 4.71. The van der Waals surface area contributed by atoms with Crippen LogP contribution < -0.4 is 0 Å². The number of rotatable bonds is 12. The van der Waals surface area contributed by atoms with E-state index in [1.165, 1.54) is 57.8 Å². The van der Waals surface area contributed by atoms with Crippen LogP contribution >= 0.6 is 0 Å². The first kappa shape index (κ1) is 18.0. The Labute approximate surface area is 126 Å². The van der Waals surface area contributed by atoms with Crippen LogP contribution in [0.2, 0.25) is 0 Å². The van der Waals surface area contributed by atoms with Crippen molar-refractivity contribution in [3.8, 4) is 0 Å². The Morgan fingerprint density at radius 2 is 1.45 bits per heavy atom. The molecular formula is C18H34O2. The molecule has 0 spiro atoms. The molecule has 0 saturated heterocycles. The molecule has 0 amide bonds. The lowest BCUT2D eigenvalue weighted by atomic mass is 9.95. The molecule has 0 aliphatic heterocycles. The van der Waals surface area contributed by atoms with Crippen LogP contribution in [0, 0.1) is 6.92 Å². The third-order valence-electron chi connectivity index (χ3n) is 4.33. The second kappa shape index (κ2) is 12.6. The molecule has 0 bridgehead atoms. The lowest BCUT2D eigenvalue weighted by Crippen LogP contribution is -2.25. The highest BCUT2D eigenvalue weighted by atomic mass is 16.5. The van der Waals surface area contributed by atoms with Crippen LogP contribution in [0.4, 0.5) is 0 Å². The molecule has 1 aliphatic carbocycles. The molecular weight excluding hydrogens is 248 g/mol. The van der Waals surface area contributed by atoms with Crippen molar-refractivity contribution in [3.63, 3.8) is 0 Å². The average Bonchev–Trinajstić information content (AvgIpc) is 2.45. The molecule has 1 rings (SSSR count). The minimum atomic E-state index is -0.364. The molecule has 0 N–H and O–H groups in total. The monoisotopic (exact) mass is 282 g/mol. The Hall–Kier alpha value is -0.0800.